The van der Waals surface area contributed by atoms with Crippen molar-refractivity contribution in [3.63, 3.8) is 0 Å². The molecule has 3 aromatic carbocycles. The van der Waals surface area contributed by atoms with Crippen LogP contribution in [0.3, 0.4) is 0 Å². The van der Waals surface area contributed by atoms with Gasteiger partial charge in [0.1, 0.15) is 10.8 Å². The molecule has 0 amide bonds. The first-order valence-electron chi connectivity index (χ1n) is 14.7. The second-order valence-corrected chi connectivity index (χ2v) is 12.2. The number of benzene rings is 3. The van der Waals surface area contributed by atoms with Crippen LogP contribution < -0.4 is 15.5 Å². The van der Waals surface area contributed by atoms with E-state index in [0.29, 0.717) is 12.0 Å². The van der Waals surface area contributed by atoms with E-state index in [9.17, 15) is 0 Å². The van der Waals surface area contributed by atoms with Crippen LogP contribution >= 0.6 is 11.3 Å². The van der Waals surface area contributed by atoms with Gasteiger partial charge in [0.15, 0.2) is 0 Å². The molecule has 6 nitrogen and oxygen atoms in total. The molecule has 2 heterocycles. The first-order chi connectivity index (χ1) is 20.1. The van der Waals surface area contributed by atoms with Crippen LogP contribution in [0.2, 0.25) is 0 Å². The summed E-state index contributed by atoms with van der Waals surface area (Å²) in [5, 5.41) is 9.59. The third-order valence-electron chi connectivity index (χ3n) is 7.91. The van der Waals surface area contributed by atoms with E-state index in [1.165, 1.54) is 28.8 Å². The lowest BCUT2D eigenvalue weighted by molar-refractivity contribution is 0.325. The van der Waals surface area contributed by atoms with Gasteiger partial charge >= 0.3 is 0 Å². The Kier molecular flexibility index (Phi) is 8.54. The first kappa shape index (κ1) is 27.4. The van der Waals surface area contributed by atoms with E-state index in [1.807, 2.05) is 37.6 Å². The molecule has 1 fully saturated rings. The van der Waals surface area contributed by atoms with E-state index in [2.05, 4.69) is 88.3 Å². The maximum absolute atomic E-state index is 5.06. The molecule has 210 valence electrons. The van der Waals surface area contributed by atoms with Gasteiger partial charge in [-0.1, -0.05) is 72.8 Å². The molecule has 5 aromatic rings. The maximum Gasteiger partial charge on any atom is 0.225 e. The fraction of sp³-hybridized carbons (Fsp3) is 0.324. The number of rotatable bonds is 10. The molecule has 0 saturated heterocycles. The summed E-state index contributed by atoms with van der Waals surface area (Å²) in [6.07, 6.45) is 5.71. The molecule has 41 heavy (non-hydrogen) atoms. The van der Waals surface area contributed by atoms with Crippen LogP contribution in [0.4, 0.5) is 11.8 Å². The molecule has 1 aliphatic rings. The van der Waals surface area contributed by atoms with Gasteiger partial charge in [0.2, 0.25) is 5.95 Å². The summed E-state index contributed by atoms with van der Waals surface area (Å²) in [6, 6.07) is 29.8. The zero-order valence-corrected chi connectivity index (χ0v) is 24.7. The largest absolute Gasteiger partial charge is 0.362 e. The Hall–Kier alpha value is -3.81. The van der Waals surface area contributed by atoms with Crippen LogP contribution in [0, 0.1) is 5.92 Å². The van der Waals surface area contributed by atoms with Gasteiger partial charge in [-0.05, 0) is 56.7 Å². The topological polar surface area (TPSA) is 66.0 Å². The fourth-order valence-corrected chi connectivity index (χ4v) is 6.80. The molecule has 0 bridgehead atoms. The summed E-state index contributed by atoms with van der Waals surface area (Å²) < 4.78 is 0. The Balaban J connectivity index is 1.02. The zero-order valence-electron chi connectivity index (χ0n) is 23.9. The molecule has 6 rings (SSSR count). The van der Waals surface area contributed by atoms with Crippen LogP contribution in [0.25, 0.3) is 32.7 Å². The number of hydrogen-bond donors (Lipinski definition) is 2. The van der Waals surface area contributed by atoms with Gasteiger partial charge in [0.05, 0.1) is 11.2 Å². The van der Waals surface area contributed by atoms with Crippen molar-refractivity contribution in [1.82, 2.24) is 20.3 Å². The Morgan fingerprint density at radius 3 is 2.20 bits per heavy atom. The molecule has 0 radical (unpaired) electrons. The van der Waals surface area contributed by atoms with Crippen LogP contribution in [0.15, 0.2) is 84.9 Å². The molecule has 1 saturated carbocycles. The Bertz CT molecular complexity index is 1560. The lowest BCUT2D eigenvalue weighted by Crippen LogP contribution is -2.32. The predicted octanol–water partition coefficient (Wildman–Crippen LogP) is 7.29. The van der Waals surface area contributed by atoms with Crippen LogP contribution in [-0.4, -0.2) is 48.2 Å². The number of nitrogens with zero attached hydrogens (tertiary/aromatic N) is 4. The van der Waals surface area contributed by atoms with E-state index in [4.69, 9.17) is 15.0 Å². The highest BCUT2D eigenvalue weighted by Crippen LogP contribution is 2.34. The number of para-hydroxylation sites is 1. The zero-order chi connectivity index (χ0) is 28.0. The predicted molar refractivity (Wildman–Crippen MR) is 173 cm³/mol. The van der Waals surface area contributed by atoms with E-state index in [-0.39, 0.29) is 0 Å². The van der Waals surface area contributed by atoms with Crippen molar-refractivity contribution in [3.05, 3.63) is 89.8 Å². The molecule has 2 aromatic heterocycles. The highest BCUT2D eigenvalue weighted by molar-refractivity contribution is 7.15. The van der Waals surface area contributed by atoms with E-state index >= 15 is 0 Å². The van der Waals surface area contributed by atoms with Crippen LogP contribution in [-0.2, 0) is 6.42 Å². The second kappa shape index (κ2) is 12.8. The van der Waals surface area contributed by atoms with Crippen molar-refractivity contribution < 1.29 is 0 Å². The quantitative estimate of drug-likeness (QED) is 0.174. The van der Waals surface area contributed by atoms with Crippen molar-refractivity contribution >= 4 is 34.0 Å². The summed E-state index contributed by atoms with van der Waals surface area (Å²) in [5.41, 5.74) is 4.49. The Labute approximate surface area is 246 Å². The van der Waals surface area contributed by atoms with Gasteiger partial charge in [-0.2, -0.15) is 4.98 Å². The Morgan fingerprint density at radius 1 is 0.780 bits per heavy atom. The summed E-state index contributed by atoms with van der Waals surface area (Å²) in [7, 11) is 4.08. The SMILES string of the molecule is CN(C)c1nc(NC2CCC(CNCCc3sc(-c4ccccc4)nc3-c3ccccc3)CC2)nc2ccccc12. The summed E-state index contributed by atoms with van der Waals surface area (Å²) >= 11 is 1.82. The van der Waals surface area contributed by atoms with Gasteiger partial charge in [-0.15, -0.1) is 11.3 Å². The normalized spacial score (nSPS) is 17.0. The van der Waals surface area contributed by atoms with E-state index in [1.54, 1.807) is 0 Å². The minimum atomic E-state index is 0.421. The second-order valence-electron chi connectivity index (χ2n) is 11.1. The Morgan fingerprint density at radius 2 is 1.46 bits per heavy atom. The van der Waals surface area contributed by atoms with Gasteiger partial charge < -0.3 is 15.5 Å². The number of anilines is 2. The van der Waals surface area contributed by atoms with Crippen molar-refractivity contribution in [3.8, 4) is 21.8 Å². The average molecular weight is 563 g/mol. The average Bonchev–Trinajstić information content (AvgIpc) is 3.45. The third-order valence-corrected chi connectivity index (χ3v) is 9.08. The van der Waals surface area contributed by atoms with Crippen LogP contribution in [0.1, 0.15) is 30.6 Å². The number of hydrogen-bond acceptors (Lipinski definition) is 7. The van der Waals surface area contributed by atoms with Gasteiger partial charge in [-0.3, -0.25) is 0 Å². The summed E-state index contributed by atoms with van der Waals surface area (Å²) in [6.45, 7) is 2.03. The van der Waals surface area contributed by atoms with Crippen LogP contribution in [0.5, 0.6) is 0 Å². The lowest BCUT2D eigenvalue weighted by atomic mass is 9.86. The molecule has 7 heteroatoms. The standard InChI is InChI=1S/C34H38N6S/c1-40(2)32-28-15-9-10-16-29(28)37-34(39-32)36-27-19-17-24(18-20-27)23-35-22-21-30-31(25-11-5-3-6-12-25)38-33(41-30)26-13-7-4-8-14-26/h3-16,24,27,35H,17-23H2,1-2H3,(H,36,37,39). The number of nitrogens with one attached hydrogen (secondary N) is 2. The molecule has 1 aliphatic carbocycles. The van der Waals surface area contributed by atoms with Crippen molar-refractivity contribution in [2.75, 3.05) is 37.4 Å². The maximum atomic E-state index is 5.06. The highest BCUT2D eigenvalue weighted by atomic mass is 32.1. The molecule has 0 aliphatic heterocycles. The van der Waals surface area contributed by atoms with Crippen molar-refractivity contribution in [2.24, 2.45) is 5.92 Å². The summed E-state index contributed by atoms with van der Waals surface area (Å²) in [4.78, 5) is 18.1. The minimum Gasteiger partial charge on any atom is -0.362 e. The van der Waals surface area contributed by atoms with E-state index < -0.39 is 0 Å². The minimum absolute atomic E-state index is 0.421. The number of aromatic nitrogens is 3. The smallest absolute Gasteiger partial charge is 0.225 e. The molecule has 0 spiro atoms. The summed E-state index contributed by atoms with van der Waals surface area (Å²) in [5.74, 6) is 2.41. The fourth-order valence-electron chi connectivity index (χ4n) is 5.71. The number of fused-ring (bicyclic) bond motifs is 1. The monoisotopic (exact) mass is 562 g/mol. The van der Waals surface area contributed by atoms with Crippen molar-refractivity contribution in [1.29, 1.82) is 0 Å². The molecular formula is C34H38N6S. The van der Waals surface area contributed by atoms with Crippen molar-refractivity contribution in [2.45, 2.75) is 38.1 Å². The lowest BCUT2D eigenvalue weighted by Gasteiger charge is -2.29. The number of thiazole rings is 1. The van der Waals surface area contributed by atoms with Gasteiger partial charge in [0, 0.05) is 48.1 Å². The molecule has 2 N–H and O–H groups in total. The van der Waals surface area contributed by atoms with E-state index in [0.717, 1.165) is 65.7 Å². The molecule has 0 atom stereocenters. The highest BCUT2D eigenvalue weighted by Gasteiger charge is 2.22. The van der Waals surface area contributed by atoms with Gasteiger partial charge in [0.25, 0.3) is 0 Å². The third kappa shape index (κ3) is 6.58. The molecular weight excluding hydrogens is 524 g/mol. The van der Waals surface area contributed by atoms with Gasteiger partial charge in [-0.25, -0.2) is 9.97 Å². The molecule has 0 unspecified atom stereocenters. The first-order valence-corrected chi connectivity index (χ1v) is 15.5.